The number of amides is 1. The van der Waals surface area contributed by atoms with Crippen LogP contribution in [0.15, 0.2) is 42.5 Å². The van der Waals surface area contributed by atoms with Crippen LogP contribution in [0, 0.1) is 5.92 Å². The Hall–Kier alpha value is -2.28. The number of hydrogen-bond donors (Lipinski definition) is 2. The maximum absolute atomic E-state index is 12.6. The highest BCUT2D eigenvalue weighted by Gasteiger charge is 2.31. The first-order valence-corrected chi connectivity index (χ1v) is 7.54. The fourth-order valence-electron chi connectivity index (χ4n) is 2.65. The van der Waals surface area contributed by atoms with Crippen molar-refractivity contribution < 1.29 is 22.8 Å². The van der Waals surface area contributed by atoms with Crippen LogP contribution in [0.4, 0.5) is 18.9 Å². The van der Waals surface area contributed by atoms with Crippen LogP contribution in [0.3, 0.4) is 0 Å². The van der Waals surface area contributed by atoms with Gasteiger partial charge in [-0.15, -0.1) is 12.6 Å². The molecular formula is C17H12F3NO2S. The Morgan fingerprint density at radius 1 is 1.08 bits per heavy atom. The predicted octanol–water partition coefficient (Wildman–Crippen LogP) is 3.94. The third kappa shape index (κ3) is 3.17. The SMILES string of the molecule is O=C(S)C1Cc2cc(-c3ccc(C(F)(F)F)cc3)ccc2NC1=O. The smallest absolute Gasteiger partial charge is 0.325 e. The van der Waals surface area contributed by atoms with Crippen LogP contribution >= 0.6 is 12.6 Å². The monoisotopic (exact) mass is 351 g/mol. The fraction of sp³-hybridized carbons (Fsp3) is 0.176. The molecule has 1 aliphatic heterocycles. The summed E-state index contributed by atoms with van der Waals surface area (Å²) in [7, 11) is 0. The van der Waals surface area contributed by atoms with Gasteiger partial charge in [0.15, 0.2) is 5.12 Å². The van der Waals surface area contributed by atoms with E-state index in [1.165, 1.54) is 12.1 Å². The standard InChI is InChI=1S/C17H12F3NO2S/c18-17(19,20)12-4-1-9(2-5-12)10-3-6-14-11(7-10)8-13(16(23)24)15(22)21-14/h1-7,13H,8H2,(H,21,22)(H,23,24). The van der Waals surface area contributed by atoms with Crippen LogP contribution < -0.4 is 5.32 Å². The molecule has 3 rings (SSSR count). The van der Waals surface area contributed by atoms with Crippen LogP contribution in [0.2, 0.25) is 0 Å². The molecule has 2 aromatic carbocycles. The predicted molar refractivity (Wildman–Crippen MR) is 86.7 cm³/mol. The third-order valence-corrected chi connectivity index (χ3v) is 4.26. The second-order valence-corrected chi connectivity index (χ2v) is 5.97. The van der Waals surface area contributed by atoms with E-state index in [1.54, 1.807) is 18.2 Å². The minimum atomic E-state index is -4.38. The Kier molecular flexibility index (Phi) is 4.13. The molecule has 0 aromatic heterocycles. The number of anilines is 1. The zero-order chi connectivity index (χ0) is 17.5. The van der Waals surface area contributed by atoms with Gasteiger partial charge in [-0.1, -0.05) is 18.2 Å². The number of nitrogens with one attached hydrogen (secondary N) is 1. The molecule has 0 saturated heterocycles. The molecule has 0 saturated carbocycles. The Labute approximate surface area is 141 Å². The highest BCUT2D eigenvalue weighted by atomic mass is 32.1. The number of fused-ring (bicyclic) bond motifs is 1. The Morgan fingerprint density at radius 2 is 1.71 bits per heavy atom. The molecule has 124 valence electrons. The van der Waals surface area contributed by atoms with Gasteiger partial charge in [-0.05, 0) is 47.4 Å². The van der Waals surface area contributed by atoms with E-state index >= 15 is 0 Å². The highest BCUT2D eigenvalue weighted by molar-refractivity contribution is 7.96. The van der Waals surface area contributed by atoms with Crippen molar-refractivity contribution in [2.45, 2.75) is 12.6 Å². The van der Waals surface area contributed by atoms with Crippen LogP contribution in [-0.4, -0.2) is 11.0 Å². The molecule has 2 aromatic rings. The van der Waals surface area contributed by atoms with Crippen molar-refractivity contribution in [3.63, 3.8) is 0 Å². The van der Waals surface area contributed by atoms with Gasteiger partial charge in [0.05, 0.1) is 5.56 Å². The molecule has 3 nitrogen and oxygen atoms in total. The van der Waals surface area contributed by atoms with Gasteiger partial charge in [0, 0.05) is 5.69 Å². The van der Waals surface area contributed by atoms with Gasteiger partial charge in [0.2, 0.25) is 5.91 Å². The first-order valence-electron chi connectivity index (χ1n) is 7.10. The summed E-state index contributed by atoms with van der Waals surface area (Å²) < 4.78 is 37.9. The summed E-state index contributed by atoms with van der Waals surface area (Å²) in [6.07, 6.45) is -4.16. The van der Waals surface area contributed by atoms with Gasteiger partial charge in [-0.25, -0.2) is 0 Å². The second-order valence-electron chi connectivity index (χ2n) is 5.53. The lowest BCUT2D eigenvalue weighted by atomic mass is 9.91. The van der Waals surface area contributed by atoms with Gasteiger partial charge in [-0.2, -0.15) is 13.2 Å². The van der Waals surface area contributed by atoms with Crippen LogP contribution in [0.1, 0.15) is 11.1 Å². The molecular weight excluding hydrogens is 339 g/mol. The van der Waals surface area contributed by atoms with Crippen LogP contribution in [0.25, 0.3) is 11.1 Å². The highest BCUT2D eigenvalue weighted by Crippen LogP contribution is 2.33. The van der Waals surface area contributed by atoms with Crippen molar-refractivity contribution in [2.75, 3.05) is 5.32 Å². The van der Waals surface area contributed by atoms with Gasteiger partial charge in [-0.3, -0.25) is 9.59 Å². The lowest BCUT2D eigenvalue weighted by molar-refractivity contribution is -0.137. The van der Waals surface area contributed by atoms with Gasteiger partial charge in [0.25, 0.3) is 0 Å². The zero-order valence-electron chi connectivity index (χ0n) is 12.2. The molecule has 24 heavy (non-hydrogen) atoms. The maximum Gasteiger partial charge on any atom is 0.416 e. The Bertz CT molecular complexity index is 816. The Morgan fingerprint density at radius 3 is 2.29 bits per heavy atom. The number of carbonyl (C=O) groups excluding carboxylic acids is 2. The molecule has 1 atom stereocenters. The lowest BCUT2D eigenvalue weighted by Gasteiger charge is -2.23. The van der Waals surface area contributed by atoms with E-state index in [2.05, 4.69) is 17.9 Å². The minimum absolute atomic E-state index is 0.220. The summed E-state index contributed by atoms with van der Waals surface area (Å²) in [5.41, 5.74) is 1.97. The maximum atomic E-state index is 12.6. The van der Waals surface area contributed by atoms with Crippen molar-refractivity contribution in [3.05, 3.63) is 53.6 Å². The summed E-state index contributed by atoms with van der Waals surface area (Å²) in [4.78, 5) is 23.2. The minimum Gasteiger partial charge on any atom is -0.325 e. The van der Waals surface area contributed by atoms with E-state index in [0.29, 0.717) is 16.8 Å². The van der Waals surface area contributed by atoms with Crippen molar-refractivity contribution in [2.24, 2.45) is 5.92 Å². The van der Waals surface area contributed by atoms with E-state index in [9.17, 15) is 22.8 Å². The number of benzene rings is 2. The molecule has 0 spiro atoms. The first-order chi connectivity index (χ1) is 11.3. The molecule has 1 aliphatic rings. The second kappa shape index (κ2) is 5.98. The van der Waals surface area contributed by atoms with Crippen molar-refractivity contribution in [1.82, 2.24) is 0 Å². The van der Waals surface area contributed by atoms with E-state index in [4.69, 9.17) is 0 Å². The van der Waals surface area contributed by atoms with E-state index in [0.717, 1.165) is 17.7 Å². The number of alkyl halides is 3. The van der Waals surface area contributed by atoms with Crippen molar-refractivity contribution >= 4 is 29.3 Å². The summed E-state index contributed by atoms with van der Waals surface area (Å²) in [5.74, 6) is -1.26. The third-order valence-electron chi connectivity index (χ3n) is 3.95. The number of carbonyl (C=O) groups is 2. The Balaban J connectivity index is 1.93. The number of halogens is 3. The van der Waals surface area contributed by atoms with E-state index in [-0.39, 0.29) is 6.42 Å². The summed E-state index contributed by atoms with van der Waals surface area (Å²) in [6, 6.07) is 10.00. The van der Waals surface area contributed by atoms with Crippen LogP contribution in [-0.2, 0) is 22.2 Å². The topological polar surface area (TPSA) is 46.2 Å². The summed E-state index contributed by atoms with van der Waals surface area (Å²) in [6.45, 7) is 0. The lowest BCUT2D eigenvalue weighted by Crippen LogP contribution is -2.33. The van der Waals surface area contributed by atoms with Crippen molar-refractivity contribution in [1.29, 1.82) is 0 Å². The molecule has 0 radical (unpaired) electrons. The molecule has 0 bridgehead atoms. The molecule has 1 unspecified atom stereocenters. The quantitative estimate of drug-likeness (QED) is 0.636. The average Bonchev–Trinajstić information content (AvgIpc) is 2.53. The number of thiol groups is 1. The van der Waals surface area contributed by atoms with Gasteiger partial charge < -0.3 is 5.32 Å². The molecule has 1 heterocycles. The number of hydrogen-bond acceptors (Lipinski definition) is 2. The van der Waals surface area contributed by atoms with Crippen LogP contribution in [0.5, 0.6) is 0 Å². The largest absolute Gasteiger partial charge is 0.416 e. The summed E-state index contributed by atoms with van der Waals surface area (Å²) in [5, 5.41) is 2.13. The average molecular weight is 351 g/mol. The first kappa shape index (κ1) is 16.6. The molecule has 7 heteroatoms. The number of rotatable bonds is 2. The molecule has 0 aliphatic carbocycles. The van der Waals surface area contributed by atoms with Crippen molar-refractivity contribution in [3.8, 4) is 11.1 Å². The molecule has 1 N–H and O–H groups in total. The van der Waals surface area contributed by atoms with Gasteiger partial charge in [0.1, 0.15) is 5.92 Å². The zero-order valence-corrected chi connectivity index (χ0v) is 13.1. The summed E-state index contributed by atoms with van der Waals surface area (Å²) >= 11 is 3.72. The van der Waals surface area contributed by atoms with Gasteiger partial charge >= 0.3 is 6.18 Å². The fourth-order valence-corrected chi connectivity index (χ4v) is 2.86. The molecule has 1 amide bonds. The van der Waals surface area contributed by atoms with E-state index in [1.807, 2.05) is 0 Å². The molecule has 0 fully saturated rings. The van der Waals surface area contributed by atoms with E-state index < -0.39 is 28.7 Å². The normalized spacial score (nSPS) is 17.2.